The van der Waals surface area contributed by atoms with Gasteiger partial charge in [0.05, 0.1) is 10.6 Å². The number of oxime groups is 1. The van der Waals surface area contributed by atoms with Crippen LogP contribution in [0.3, 0.4) is 0 Å². The number of nitrogens with one attached hydrogen (secondary N) is 1. The molecule has 0 bridgehead atoms. The van der Waals surface area contributed by atoms with Crippen molar-refractivity contribution >= 4 is 28.4 Å². The molecular formula is C14H9F4N3O2S. The van der Waals surface area contributed by atoms with Gasteiger partial charge in [-0.15, -0.1) is 11.3 Å². The van der Waals surface area contributed by atoms with Crippen LogP contribution in [0.4, 0.5) is 23.2 Å². The lowest BCUT2D eigenvalue weighted by Gasteiger charge is -2.23. The molecule has 0 saturated carbocycles. The van der Waals surface area contributed by atoms with Crippen LogP contribution in [0.25, 0.3) is 0 Å². The van der Waals surface area contributed by atoms with E-state index in [0.29, 0.717) is 4.88 Å². The molecule has 10 heteroatoms. The second kappa shape index (κ2) is 5.87. The summed E-state index contributed by atoms with van der Waals surface area (Å²) in [7, 11) is 0. The molecule has 0 amide bonds. The fourth-order valence-corrected chi connectivity index (χ4v) is 2.60. The van der Waals surface area contributed by atoms with Crippen molar-refractivity contribution in [1.29, 1.82) is 0 Å². The molecule has 1 unspecified atom stereocenters. The zero-order valence-corrected chi connectivity index (χ0v) is 12.5. The first-order chi connectivity index (χ1) is 11.3. The maximum atomic E-state index is 13.2. The Bertz CT molecular complexity index is 787. The van der Waals surface area contributed by atoms with E-state index in [1.165, 1.54) is 18.2 Å². The molecule has 0 radical (unpaired) electrons. The van der Waals surface area contributed by atoms with Crippen molar-refractivity contribution in [3.8, 4) is 0 Å². The Hall–Kier alpha value is -2.46. The molecule has 2 aromatic rings. The Balaban J connectivity index is 1.98. The van der Waals surface area contributed by atoms with E-state index in [4.69, 9.17) is 0 Å². The van der Waals surface area contributed by atoms with Crippen LogP contribution in [0, 0.1) is 5.82 Å². The lowest BCUT2D eigenvalue weighted by Crippen LogP contribution is -2.52. The largest absolute Gasteiger partial charge is 0.464 e. The van der Waals surface area contributed by atoms with Crippen LogP contribution >= 0.6 is 11.3 Å². The highest BCUT2D eigenvalue weighted by atomic mass is 32.1. The summed E-state index contributed by atoms with van der Waals surface area (Å²) in [6.07, 6.45) is -5.15. The number of thiophene rings is 1. The van der Waals surface area contributed by atoms with Gasteiger partial charge < -0.3 is 9.94 Å². The van der Waals surface area contributed by atoms with Crippen molar-refractivity contribution in [3.63, 3.8) is 0 Å². The summed E-state index contributed by atoms with van der Waals surface area (Å²) >= 11 is 1.11. The van der Waals surface area contributed by atoms with Crippen LogP contribution in [-0.2, 0) is 4.84 Å². The van der Waals surface area contributed by atoms with Gasteiger partial charge in [0.15, 0.2) is 11.4 Å². The minimum atomic E-state index is -5.15. The number of alkyl halides is 3. The fourth-order valence-electron chi connectivity index (χ4n) is 1.89. The van der Waals surface area contributed by atoms with Crippen molar-refractivity contribution in [3.05, 3.63) is 52.5 Å². The quantitative estimate of drug-likeness (QED) is 0.653. The molecule has 1 aliphatic heterocycles. The molecule has 126 valence electrons. The second-order valence-electron chi connectivity index (χ2n) is 4.73. The molecule has 1 atom stereocenters. The second-order valence-corrected chi connectivity index (χ2v) is 5.68. The maximum absolute atomic E-state index is 13.2. The van der Waals surface area contributed by atoms with Gasteiger partial charge in [-0.2, -0.15) is 18.3 Å². The van der Waals surface area contributed by atoms with Crippen molar-refractivity contribution in [2.45, 2.75) is 12.0 Å². The van der Waals surface area contributed by atoms with Gasteiger partial charge in [0.25, 0.3) is 0 Å². The first kappa shape index (κ1) is 16.4. The summed E-state index contributed by atoms with van der Waals surface area (Å²) in [6, 6.07) is 7.91. The molecule has 0 saturated heterocycles. The molecule has 5 nitrogen and oxygen atoms in total. The molecule has 1 aromatic carbocycles. The zero-order valence-electron chi connectivity index (χ0n) is 11.7. The van der Waals surface area contributed by atoms with Crippen LogP contribution < -0.4 is 5.43 Å². The van der Waals surface area contributed by atoms with E-state index in [2.05, 4.69) is 20.5 Å². The normalized spacial score (nSPS) is 22.4. The highest BCUT2D eigenvalue weighted by Gasteiger charge is 2.65. The highest BCUT2D eigenvalue weighted by molar-refractivity contribution is 7.13. The van der Waals surface area contributed by atoms with Crippen LogP contribution in [0.2, 0.25) is 0 Å². The van der Waals surface area contributed by atoms with Gasteiger partial charge in [-0.05, 0) is 35.7 Å². The average Bonchev–Trinajstić information content (AvgIpc) is 3.14. The summed E-state index contributed by atoms with van der Waals surface area (Å²) in [5.74, 6) is -4.18. The maximum Gasteiger partial charge on any atom is 0.464 e. The number of anilines is 1. The van der Waals surface area contributed by atoms with E-state index in [1.807, 2.05) is 0 Å². The third kappa shape index (κ3) is 2.85. The molecule has 1 aromatic heterocycles. The Morgan fingerprint density at radius 3 is 2.50 bits per heavy atom. The Morgan fingerprint density at radius 1 is 1.21 bits per heavy atom. The van der Waals surface area contributed by atoms with E-state index in [1.54, 1.807) is 11.4 Å². The molecule has 1 aliphatic rings. The number of hydrogen-bond donors (Lipinski definition) is 2. The van der Waals surface area contributed by atoms with E-state index in [0.717, 1.165) is 23.5 Å². The van der Waals surface area contributed by atoms with E-state index < -0.39 is 23.5 Å². The Labute approximate surface area is 136 Å². The van der Waals surface area contributed by atoms with Gasteiger partial charge in [0, 0.05) is 0 Å². The summed E-state index contributed by atoms with van der Waals surface area (Å²) < 4.78 is 52.4. The van der Waals surface area contributed by atoms with Crippen LogP contribution in [0.15, 0.2) is 52.0 Å². The van der Waals surface area contributed by atoms with Crippen molar-refractivity contribution in [2.75, 3.05) is 5.43 Å². The van der Waals surface area contributed by atoms with Crippen molar-refractivity contribution in [2.24, 2.45) is 10.3 Å². The Morgan fingerprint density at radius 2 is 1.92 bits per heavy atom. The minimum Gasteiger partial charge on any atom is -0.343 e. The number of rotatable bonds is 3. The van der Waals surface area contributed by atoms with Crippen LogP contribution in [0.1, 0.15) is 4.88 Å². The number of aliphatic hydroxyl groups is 1. The standard InChI is InChI=1S/C14H9F4N3O2S/c15-8-3-5-9(6-4-8)19-20-12-11(10-2-1-7-24-10)21-23-13(12,22)14(16,17)18/h1-7,19,22H/b20-12+. The number of nitrogens with zero attached hydrogens (tertiary/aromatic N) is 2. The van der Waals surface area contributed by atoms with Gasteiger partial charge >= 0.3 is 12.0 Å². The lowest BCUT2D eigenvalue weighted by atomic mass is 10.1. The van der Waals surface area contributed by atoms with E-state index >= 15 is 0 Å². The first-order valence-electron chi connectivity index (χ1n) is 6.50. The topological polar surface area (TPSA) is 66.2 Å². The third-order valence-corrected chi connectivity index (χ3v) is 3.97. The van der Waals surface area contributed by atoms with Gasteiger partial charge in [-0.1, -0.05) is 11.2 Å². The van der Waals surface area contributed by atoms with Gasteiger partial charge in [-0.3, -0.25) is 5.43 Å². The Kier molecular flexibility index (Phi) is 4.01. The predicted octanol–water partition coefficient (Wildman–Crippen LogP) is 3.34. The molecule has 2 heterocycles. The van der Waals surface area contributed by atoms with E-state index in [9.17, 15) is 22.7 Å². The number of halogens is 4. The molecule has 3 rings (SSSR count). The van der Waals surface area contributed by atoms with Crippen LogP contribution in [-0.4, -0.2) is 28.5 Å². The first-order valence-corrected chi connectivity index (χ1v) is 7.38. The molecule has 0 spiro atoms. The monoisotopic (exact) mass is 359 g/mol. The van der Waals surface area contributed by atoms with Crippen LogP contribution in [0.5, 0.6) is 0 Å². The van der Waals surface area contributed by atoms with Gasteiger partial charge in [0.1, 0.15) is 5.82 Å². The SMILES string of the molecule is OC1(C(F)(F)F)ON=C(c2cccs2)/C1=N\Nc1ccc(F)cc1. The summed E-state index contributed by atoms with van der Waals surface area (Å²) in [4.78, 5) is 4.60. The van der Waals surface area contributed by atoms with E-state index in [-0.39, 0.29) is 11.4 Å². The highest BCUT2D eigenvalue weighted by Crippen LogP contribution is 2.38. The number of hydrazone groups is 1. The number of benzene rings is 1. The zero-order chi connectivity index (χ0) is 17.4. The molecule has 0 fully saturated rings. The molecule has 2 N–H and O–H groups in total. The number of hydrogen-bond acceptors (Lipinski definition) is 6. The third-order valence-electron chi connectivity index (χ3n) is 3.09. The lowest BCUT2D eigenvalue weighted by molar-refractivity contribution is -0.325. The smallest absolute Gasteiger partial charge is 0.343 e. The van der Waals surface area contributed by atoms with Crippen molar-refractivity contribution < 1.29 is 27.5 Å². The molecule has 0 aliphatic carbocycles. The summed E-state index contributed by atoms with van der Waals surface area (Å²) in [6.45, 7) is 0. The molecule has 24 heavy (non-hydrogen) atoms. The van der Waals surface area contributed by atoms with Crippen molar-refractivity contribution in [1.82, 2.24) is 0 Å². The van der Waals surface area contributed by atoms with Gasteiger partial charge in [0.2, 0.25) is 0 Å². The molecular weight excluding hydrogens is 350 g/mol. The summed E-state index contributed by atoms with van der Waals surface area (Å²) in [5, 5.41) is 18.5. The predicted molar refractivity (Wildman–Crippen MR) is 80.4 cm³/mol. The average molecular weight is 359 g/mol. The summed E-state index contributed by atoms with van der Waals surface area (Å²) in [5.41, 5.74) is 1.50. The fraction of sp³-hybridized carbons (Fsp3) is 0.143. The minimum absolute atomic E-state index is 0.228. The van der Waals surface area contributed by atoms with Gasteiger partial charge in [-0.25, -0.2) is 4.39 Å².